The molecule has 0 bridgehead atoms. The quantitative estimate of drug-likeness (QED) is 0.126. The van der Waals surface area contributed by atoms with Crippen LogP contribution in [0.4, 0.5) is 0 Å². The van der Waals surface area contributed by atoms with Crippen LogP contribution in [0.2, 0.25) is 0 Å². The highest BCUT2D eigenvalue weighted by atomic mass is 31.2. The van der Waals surface area contributed by atoms with Gasteiger partial charge in [-0.05, 0) is 81.4 Å². The zero-order valence-corrected chi connectivity index (χ0v) is 27.1. The van der Waals surface area contributed by atoms with Gasteiger partial charge in [-0.25, -0.2) is 9.13 Å². The van der Waals surface area contributed by atoms with Gasteiger partial charge in [-0.15, -0.1) is 0 Å². The molecule has 0 saturated heterocycles. The molecule has 1 aromatic carbocycles. The minimum atomic E-state index is -4.64. The zero-order chi connectivity index (χ0) is 31.3. The van der Waals surface area contributed by atoms with Crippen LogP contribution in [-0.2, 0) is 15.6 Å². The highest BCUT2D eigenvalue weighted by Gasteiger charge is 2.33. The molecule has 236 valence electrons. The number of ether oxygens (including phenoxy) is 1. The molecule has 2 rings (SSSR count). The Morgan fingerprint density at radius 3 is 1.70 bits per heavy atom. The fourth-order valence-corrected chi connectivity index (χ4v) is 5.05. The predicted octanol–water partition coefficient (Wildman–Crippen LogP) is 6.67. The average Bonchev–Trinajstić information content (AvgIpc) is 2.75. The summed E-state index contributed by atoms with van der Waals surface area (Å²) in [6.45, 7) is 15.9. The van der Waals surface area contributed by atoms with Crippen molar-refractivity contribution in [1.29, 1.82) is 0 Å². The van der Waals surface area contributed by atoms with Crippen molar-refractivity contribution in [2.75, 3.05) is 0 Å². The molecule has 0 amide bonds. The molecule has 1 aliphatic rings. The lowest BCUT2D eigenvalue weighted by molar-refractivity contribution is 0.0512. The largest absolute Gasteiger partial charge is 0.508 e. The molecular weight excluding hydrogens is 558 g/mol. The molecule has 12 heteroatoms. The van der Waals surface area contributed by atoms with Crippen molar-refractivity contribution in [3.05, 3.63) is 22.8 Å². The van der Waals surface area contributed by atoms with Crippen molar-refractivity contribution >= 4 is 15.6 Å². The van der Waals surface area contributed by atoms with Gasteiger partial charge in [-0.1, -0.05) is 72.6 Å². The monoisotopic (exact) mass is 612 g/mol. The standard InChI is InChI=1S/C28H48O2.2H3O4P/c1-20(2)11-8-12-21(3)13-9-14-22(4)15-10-17-28(7)18-16-25-24(6)26(29)19-23(5)27(25)30-28;2*1-5(2,3)4/h19-22,29H,8-18H2,1-7H3;2*(H3,1,2,3,4)/t21-,22-,28-;;/m1../s1. The molecule has 0 unspecified atom stereocenters. The molecule has 10 nitrogen and oxygen atoms in total. The van der Waals surface area contributed by atoms with Crippen LogP contribution in [0.25, 0.3) is 0 Å². The number of hydrogen-bond acceptors (Lipinski definition) is 4. The second-order valence-electron chi connectivity index (χ2n) is 12.1. The Morgan fingerprint density at radius 2 is 1.25 bits per heavy atom. The fraction of sp³-hybridized carbons (Fsp3) is 0.786. The number of aromatic hydroxyl groups is 1. The van der Waals surface area contributed by atoms with Gasteiger partial charge in [0.1, 0.15) is 17.1 Å². The highest BCUT2D eigenvalue weighted by molar-refractivity contribution is 7.45. The van der Waals surface area contributed by atoms with Crippen molar-refractivity contribution in [3.63, 3.8) is 0 Å². The number of phosphoric acid groups is 2. The molecule has 0 aliphatic carbocycles. The molecular formula is C28H54O10P2. The van der Waals surface area contributed by atoms with E-state index in [-0.39, 0.29) is 5.60 Å². The zero-order valence-electron chi connectivity index (χ0n) is 25.3. The Balaban J connectivity index is 0.00000130. The molecule has 1 aliphatic heterocycles. The number of hydrogen-bond donors (Lipinski definition) is 7. The smallest absolute Gasteiger partial charge is 0.466 e. The van der Waals surface area contributed by atoms with Gasteiger partial charge in [0, 0.05) is 5.56 Å². The van der Waals surface area contributed by atoms with E-state index in [1.807, 2.05) is 13.0 Å². The van der Waals surface area contributed by atoms with Crippen LogP contribution in [-0.4, -0.2) is 40.1 Å². The summed E-state index contributed by atoms with van der Waals surface area (Å²) in [5, 5.41) is 10.1. The Hall–Kier alpha value is -0.960. The summed E-state index contributed by atoms with van der Waals surface area (Å²) >= 11 is 0. The van der Waals surface area contributed by atoms with Gasteiger partial charge in [0.2, 0.25) is 0 Å². The van der Waals surface area contributed by atoms with Crippen LogP contribution >= 0.6 is 15.6 Å². The van der Waals surface area contributed by atoms with E-state index < -0.39 is 15.6 Å². The lowest BCUT2D eigenvalue weighted by atomic mass is 9.84. The van der Waals surface area contributed by atoms with E-state index in [9.17, 15) is 5.11 Å². The third kappa shape index (κ3) is 20.0. The van der Waals surface area contributed by atoms with E-state index in [0.29, 0.717) is 5.75 Å². The summed E-state index contributed by atoms with van der Waals surface area (Å²) in [4.78, 5) is 43.1. The SMILES string of the molecule is Cc1cc(O)c(C)c2c1O[C@](C)(CCC[C@H](C)CCC[C@H](C)CCCC(C)C)CC2.O=P(O)(O)O.O=P(O)(O)O. The number of phenolic OH excluding ortho intramolecular Hbond substituents is 1. The maximum Gasteiger partial charge on any atom is 0.466 e. The number of benzene rings is 1. The summed E-state index contributed by atoms with van der Waals surface area (Å²) in [5.74, 6) is 3.98. The second kappa shape index (κ2) is 17.9. The fourth-order valence-electron chi connectivity index (χ4n) is 5.05. The van der Waals surface area contributed by atoms with Crippen molar-refractivity contribution in [1.82, 2.24) is 0 Å². The number of aryl methyl sites for hydroxylation is 1. The molecule has 0 aromatic heterocycles. The van der Waals surface area contributed by atoms with E-state index in [2.05, 4.69) is 41.5 Å². The Kier molecular flexibility index (Phi) is 17.4. The molecule has 0 spiro atoms. The lowest BCUT2D eigenvalue weighted by Gasteiger charge is -2.37. The molecule has 1 heterocycles. The molecule has 40 heavy (non-hydrogen) atoms. The first-order valence-corrected chi connectivity index (χ1v) is 17.3. The third-order valence-corrected chi connectivity index (χ3v) is 7.35. The lowest BCUT2D eigenvalue weighted by Crippen LogP contribution is -2.37. The summed E-state index contributed by atoms with van der Waals surface area (Å²) in [6.07, 6.45) is 14.1. The summed E-state index contributed by atoms with van der Waals surface area (Å²) in [7, 11) is -9.28. The van der Waals surface area contributed by atoms with Gasteiger partial charge in [0.25, 0.3) is 0 Å². The topological polar surface area (TPSA) is 185 Å². The van der Waals surface area contributed by atoms with Crippen LogP contribution in [0.5, 0.6) is 11.5 Å². The van der Waals surface area contributed by atoms with E-state index in [1.54, 1.807) is 0 Å². The minimum absolute atomic E-state index is 0.0637. The third-order valence-electron chi connectivity index (χ3n) is 7.35. The van der Waals surface area contributed by atoms with Crippen LogP contribution in [0.15, 0.2) is 6.07 Å². The Morgan fingerprint density at radius 1 is 0.825 bits per heavy atom. The van der Waals surface area contributed by atoms with Crippen molar-refractivity contribution in [2.24, 2.45) is 17.8 Å². The Labute approximate surface area is 240 Å². The summed E-state index contributed by atoms with van der Waals surface area (Å²) in [6, 6.07) is 1.85. The first-order chi connectivity index (χ1) is 18.1. The first kappa shape index (κ1) is 39.0. The van der Waals surface area contributed by atoms with E-state index in [0.717, 1.165) is 53.9 Å². The highest BCUT2D eigenvalue weighted by Crippen LogP contribution is 2.42. The van der Waals surface area contributed by atoms with Gasteiger partial charge in [0.05, 0.1) is 0 Å². The first-order valence-electron chi connectivity index (χ1n) is 14.2. The van der Waals surface area contributed by atoms with E-state index >= 15 is 0 Å². The molecule has 0 fully saturated rings. The molecule has 0 radical (unpaired) electrons. The van der Waals surface area contributed by atoms with Gasteiger partial charge in [-0.3, -0.25) is 0 Å². The van der Waals surface area contributed by atoms with Crippen molar-refractivity contribution in [2.45, 2.75) is 125 Å². The van der Waals surface area contributed by atoms with E-state index in [1.165, 1.54) is 56.9 Å². The van der Waals surface area contributed by atoms with Gasteiger partial charge in [0.15, 0.2) is 0 Å². The number of fused-ring (bicyclic) bond motifs is 1. The summed E-state index contributed by atoms with van der Waals surface area (Å²) < 4.78 is 24.3. The maximum absolute atomic E-state index is 10.1. The van der Waals surface area contributed by atoms with Crippen LogP contribution in [0, 0.1) is 31.6 Å². The molecule has 1 aromatic rings. The van der Waals surface area contributed by atoms with Crippen molar-refractivity contribution < 1.29 is 48.3 Å². The van der Waals surface area contributed by atoms with Crippen molar-refractivity contribution in [3.8, 4) is 11.5 Å². The number of phenols is 1. The average molecular weight is 613 g/mol. The predicted molar refractivity (Wildman–Crippen MR) is 158 cm³/mol. The minimum Gasteiger partial charge on any atom is -0.508 e. The van der Waals surface area contributed by atoms with Crippen LogP contribution < -0.4 is 4.74 Å². The Bertz CT molecular complexity index is 936. The molecule has 3 atom stereocenters. The van der Waals surface area contributed by atoms with Gasteiger partial charge in [-0.2, -0.15) is 0 Å². The van der Waals surface area contributed by atoms with Crippen LogP contribution in [0.1, 0.15) is 116 Å². The van der Waals surface area contributed by atoms with Gasteiger partial charge < -0.3 is 39.2 Å². The molecule has 7 N–H and O–H groups in total. The molecule has 0 saturated carbocycles. The van der Waals surface area contributed by atoms with E-state index in [4.69, 9.17) is 43.2 Å². The number of rotatable bonds is 12. The van der Waals surface area contributed by atoms with Gasteiger partial charge >= 0.3 is 15.6 Å². The summed E-state index contributed by atoms with van der Waals surface area (Å²) in [5.41, 5.74) is 3.20. The normalized spacial score (nSPS) is 18.4. The maximum atomic E-state index is 10.1. The van der Waals surface area contributed by atoms with Crippen LogP contribution in [0.3, 0.4) is 0 Å². The second-order valence-corrected chi connectivity index (χ2v) is 14.1.